The number of nitrogens with two attached hydrogens (primary N) is 2. The lowest BCUT2D eigenvalue weighted by Crippen LogP contribution is -2.82. The van der Waals surface area contributed by atoms with Gasteiger partial charge in [0.1, 0.15) is 5.82 Å². The molecule has 90 valence electrons. The Hall–Kier alpha value is -1.82. The molecule has 1 fully saturated rings. The Morgan fingerprint density at radius 2 is 2.18 bits per heavy atom. The zero-order valence-electron chi connectivity index (χ0n) is 10.0. The lowest BCUT2D eigenvalue weighted by atomic mass is 10.2. The molecule has 0 aromatic carbocycles. The molecule has 2 atom stereocenters. The Kier molecular flexibility index (Phi) is 3.14. The Morgan fingerprint density at radius 3 is 2.76 bits per heavy atom. The van der Waals surface area contributed by atoms with Gasteiger partial charge in [-0.15, -0.1) is 0 Å². The molecule has 0 saturated heterocycles. The summed E-state index contributed by atoms with van der Waals surface area (Å²) in [5, 5.41) is 11.3. The van der Waals surface area contributed by atoms with Gasteiger partial charge in [0.05, 0.1) is 0 Å². The molecule has 2 unspecified atom stereocenters. The second-order valence-corrected chi connectivity index (χ2v) is 4.38. The SMILES string of the molecule is CC(=N)[NH2+]/N=C(\N)C1CC1c1cnc(C)nc1. The molecule has 1 aromatic rings. The molecule has 2 rings (SSSR count). The van der Waals surface area contributed by atoms with E-state index in [2.05, 4.69) is 15.1 Å². The first-order valence-electron chi connectivity index (χ1n) is 5.58. The number of nitrogens with zero attached hydrogens (tertiary/aromatic N) is 3. The predicted molar refractivity (Wildman–Crippen MR) is 64.6 cm³/mol. The molecular weight excluding hydrogens is 216 g/mol. The fraction of sp³-hybridized carbons (Fsp3) is 0.455. The molecule has 0 bridgehead atoms. The van der Waals surface area contributed by atoms with E-state index < -0.39 is 0 Å². The molecular formula is C11H17N6+. The summed E-state index contributed by atoms with van der Waals surface area (Å²) in [5.74, 6) is 2.45. The number of hydrogen-bond donors (Lipinski definition) is 3. The number of quaternary nitrogens is 1. The third-order valence-electron chi connectivity index (χ3n) is 2.81. The van der Waals surface area contributed by atoms with Gasteiger partial charge in [-0.2, -0.15) is 5.43 Å². The first-order valence-corrected chi connectivity index (χ1v) is 5.58. The van der Waals surface area contributed by atoms with E-state index in [9.17, 15) is 0 Å². The van der Waals surface area contributed by atoms with Crippen LogP contribution in [-0.4, -0.2) is 21.6 Å². The molecule has 6 nitrogen and oxygen atoms in total. The molecule has 1 aromatic heterocycles. The lowest BCUT2D eigenvalue weighted by molar-refractivity contribution is -0.548. The largest absolute Gasteiger partial charge is 0.383 e. The van der Waals surface area contributed by atoms with Crippen molar-refractivity contribution in [3.05, 3.63) is 23.8 Å². The normalized spacial score (nSPS) is 23.5. The summed E-state index contributed by atoms with van der Waals surface area (Å²) >= 11 is 0. The first kappa shape index (κ1) is 11.7. The topological polar surface area (TPSA) is 105 Å². The Labute approximate surface area is 99.9 Å². The van der Waals surface area contributed by atoms with Crippen molar-refractivity contribution in [3.63, 3.8) is 0 Å². The smallest absolute Gasteiger partial charge is 0.215 e. The van der Waals surface area contributed by atoms with Crippen molar-refractivity contribution in [3.8, 4) is 0 Å². The molecule has 6 heteroatoms. The zero-order chi connectivity index (χ0) is 12.4. The van der Waals surface area contributed by atoms with E-state index in [1.807, 2.05) is 19.3 Å². The van der Waals surface area contributed by atoms with Crippen LogP contribution < -0.4 is 11.2 Å². The molecule has 5 N–H and O–H groups in total. The van der Waals surface area contributed by atoms with E-state index in [0.29, 0.717) is 17.6 Å². The lowest BCUT2D eigenvalue weighted by Gasteiger charge is -1.99. The van der Waals surface area contributed by atoms with E-state index >= 15 is 0 Å². The van der Waals surface area contributed by atoms with Crippen LogP contribution in [0.15, 0.2) is 17.5 Å². The van der Waals surface area contributed by atoms with E-state index in [1.54, 1.807) is 6.92 Å². The highest BCUT2D eigenvalue weighted by atomic mass is 15.3. The molecule has 0 aliphatic heterocycles. The van der Waals surface area contributed by atoms with Crippen LogP contribution in [0.1, 0.15) is 30.7 Å². The molecule has 0 radical (unpaired) electrons. The van der Waals surface area contributed by atoms with Crippen molar-refractivity contribution in [1.82, 2.24) is 9.97 Å². The average Bonchev–Trinajstić information content (AvgIpc) is 3.07. The zero-order valence-corrected chi connectivity index (χ0v) is 10.0. The first-order chi connectivity index (χ1) is 8.08. The van der Waals surface area contributed by atoms with Crippen molar-refractivity contribution in [2.45, 2.75) is 26.2 Å². The van der Waals surface area contributed by atoms with Gasteiger partial charge in [0, 0.05) is 25.2 Å². The summed E-state index contributed by atoms with van der Waals surface area (Å²) < 4.78 is 0. The van der Waals surface area contributed by atoms with Gasteiger partial charge in [-0.1, -0.05) is 5.10 Å². The standard InChI is InChI=1S/C11H16N6/c1-6(12)16-17-11(13)10-3-9(10)8-4-14-7(2)15-5-8/h4-5,9-10H,3H2,1-2H3,(H2,12,16)(H2,13,17)/p+1. The van der Waals surface area contributed by atoms with Gasteiger partial charge in [-0.25, -0.2) is 9.97 Å². The van der Waals surface area contributed by atoms with Crippen molar-refractivity contribution in [2.75, 3.05) is 0 Å². The summed E-state index contributed by atoms with van der Waals surface area (Å²) in [7, 11) is 0. The summed E-state index contributed by atoms with van der Waals surface area (Å²) in [6.07, 6.45) is 4.70. The number of hydrogen-bond acceptors (Lipinski definition) is 4. The Morgan fingerprint density at radius 1 is 1.53 bits per heavy atom. The van der Waals surface area contributed by atoms with E-state index in [4.69, 9.17) is 11.1 Å². The maximum atomic E-state index is 7.25. The van der Waals surface area contributed by atoms with Gasteiger partial charge in [-0.3, -0.25) is 5.41 Å². The number of aryl methyl sites for hydroxylation is 1. The molecule has 0 amide bonds. The highest BCUT2D eigenvalue weighted by Crippen LogP contribution is 2.46. The summed E-state index contributed by atoms with van der Waals surface area (Å²) in [4.78, 5) is 8.35. The fourth-order valence-electron chi connectivity index (χ4n) is 1.75. The van der Waals surface area contributed by atoms with E-state index in [1.165, 1.54) is 5.43 Å². The highest BCUT2D eigenvalue weighted by Gasteiger charge is 2.42. The van der Waals surface area contributed by atoms with Gasteiger partial charge in [0.25, 0.3) is 0 Å². The van der Waals surface area contributed by atoms with Crippen molar-refractivity contribution in [2.24, 2.45) is 16.8 Å². The Bertz CT molecular complexity index is 450. The minimum absolute atomic E-state index is 0.275. The second kappa shape index (κ2) is 4.58. The monoisotopic (exact) mass is 233 g/mol. The molecule has 17 heavy (non-hydrogen) atoms. The van der Waals surface area contributed by atoms with Crippen molar-refractivity contribution < 1.29 is 5.43 Å². The quantitative estimate of drug-likeness (QED) is 0.289. The van der Waals surface area contributed by atoms with Crippen LogP contribution in [0.5, 0.6) is 0 Å². The van der Waals surface area contributed by atoms with Gasteiger partial charge >= 0.3 is 0 Å². The number of amidine groups is 2. The van der Waals surface area contributed by atoms with Crippen LogP contribution in [0, 0.1) is 18.3 Å². The van der Waals surface area contributed by atoms with Crippen LogP contribution in [0.4, 0.5) is 0 Å². The highest BCUT2D eigenvalue weighted by molar-refractivity contribution is 5.86. The summed E-state index contributed by atoms with van der Waals surface area (Å²) in [6.45, 7) is 3.54. The van der Waals surface area contributed by atoms with Crippen LogP contribution in [0.25, 0.3) is 0 Å². The molecule has 1 saturated carbocycles. The van der Waals surface area contributed by atoms with Crippen LogP contribution >= 0.6 is 0 Å². The van der Waals surface area contributed by atoms with Gasteiger partial charge in [-0.05, 0) is 24.8 Å². The average molecular weight is 233 g/mol. The van der Waals surface area contributed by atoms with Gasteiger partial charge in [0.2, 0.25) is 5.84 Å². The maximum absolute atomic E-state index is 7.25. The Balaban J connectivity index is 1.98. The van der Waals surface area contributed by atoms with Gasteiger partial charge < -0.3 is 5.73 Å². The van der Waals surface area contributed by atoms with E-state index in [-0.39, 0.29) is 5.92 Å². The van der Waals surface area contributed by atoms with Crippen LogP contribution in [0.3, 0.4) is 0 Å². The van der Waals surface area contributed by atoms with Crippen LogP contribution in [0.2, 0.25) is 0 Å². The fourth-order valence-corrected chi connectivity index (χ4v) is 1.75. The van der Waals surface area contributed by atoms with E-state index in [0.717, 1.165) is 17.8 Å². The van der Waals surface area contributed by atoms with Crippen molar-refractivity contribution >= 4 is 11.7 Å². The predicted octanol–water partition coefficient (Wildman–Crippen LogP) is -0.279. The molecule has 1 aliphatic rings. The van der Waals surface area contributed by atoms with Gasteiger partial charge in [0.15, 0.2) is 5.84 Å². The molecule has 1 heterocycles. The summed E-state index contributed by atoms with van der Waals surface area (Å²) in [6, 6.07) is 0. The maximum Gasteiger partial charge on any atom is 0.215 e. The number of rotatable bonds is 3. The van der Waals surface area contributed by atoms with Crippen molar-refractivity contribution in [1.29, 1.82) is 5.41 Å². The minimum atomic E-state index is 0.275. The number of nitrogens with one attached hydrogen (secondary N) is 1. The molecule has 1 aliphatic carbocycles. The third kappa shape index (κ3) is 2.85. The summed E-state index contributed by atoms with van der Waals surface area (Å²) in [5.41, 5.74) is 8.46. The van der Waals surface area contributed by atoms with Crippen LogP contribution in [-0.2, 0) is 0 Å². The minimum Gasteiger partial charge on any atom is -0.383 e. The molecule has 0 spiro atoms. The third-order valence-corrected chi connectivity index (χ3v) is 2.81. The second-order valence-electron chi connectivity index (χ2n) is 4.38. The number of aromatic nitrogens is 2.